The van der Waals surface area contributed by atoms with Crippen molar-refractivity contribution in [2.45, 2.75) is 20.0 Å². The molecule has 0 aliphatic carbocycles. The summed E-state index contributed by atoms with van der Waals surface area (Å²) < 4.78 is 9.74. The Kier molecular flexibility index (Phi) is 5.01. The first-order valence-electron chi connectivity index (χ1n) is 2.73. The average Bonchev–Trinajstić information content (AvgIpc) is 1.66. The molecule has 0 bridgehead atoms. The molecule has 2 nitrogen and oxygen atoms in total. The van der Waals surface area contributed by atoms with Gasteiger partial charge in [-0.05, 0) is 13.8 Å². The first-order valence-corrected chi connectivity index (χ1v) is 2.73. The maximum Gasteiger partial charge on any atom is 0.109 e. The fraction of sp³-hybridized carbons (Fsp3) is 0.833. The van der Waals surface area contributed by atoms with Crippen molar-refractivity contribution in [3.8, 4) is 0 Å². The molecular formula is C6H13O2. The number of hydrogen-bond acceptors (Lipinski definition) is 2. The van der Waals surface area contributed by atoms with Gasteiger partial charge in [0.25, 0.3) is 0 Å². The van der Waals surface area contributed by atoms with Crippen molar-refractivity contribution in [2.75, 3.05) is 13.7 Å². The van der Waals surface area contributed by atoms with Crippen LogP contribution in [0.4, 0.5) is 0 Å². The van der Waals surface area contributed by atoms with E-state index >= 15 is 0 Å². The van der Waals surface area contributed by atoms with Gasteiger partial charge in [-0.15, -0.1) is 0 Å². The van der Waals surface area contributed by atoms with Gasteiger partial charge in [0.15, 0.2) is 0 Å². The lowest BCUT2D eigenvalue weighted by Crippen LogP contribution is -2.04. The van der Waals surface area contributed by atoms with Gasteiger partial charge in [0, 0.05) is 7.11 Å². The second kappa shape index (κ2) is 5.06. The van der Waals surface area contributed by atoms with Crippen LogP contribution in [0, 0.1) is 6.61 Å². The zero-order valence-electron chi connectivity index (χ0n) is 5.68. The normalized spacial score (nSPS) is 10.5. The Balaban J connectivity index is 2.72. The second-order valence-electron chi connectivity index (χ2n) is 1.78. The van der Waals surface area contributed by atoms with Crippen molar-refractivity contribution in [3.05, 3.63) is 6.61 Å². The molecule has 0 aromatic carbocycles. The highest BCUT2D eigenvalue weighted by molar-refractivity contribution is 4.45. The highest BCUT2D eigenvalue weighted by Gasteiger charge is 1.89. The van der Waals surface area contributed by atoms with Gasteiger partial charge >= 0.3 is 0 Å². The minimum Gasteiger partial charge on any atom is -0.376 e. The van der Waals surface area contributed by atoms with E-state index in [0.29, 0.717) is 12.7 Å². The average molecular weight is 117 g/mol. The summed E-state index contributed by atoms with van der Waals surface area (Å²) in [5.41, 5.74) is 0. The molecule has 0 N–H and O–H groups in total. The Morgan fingerprint density at radius 2 is 2.12 bits per heavy atom. The zero-order valence-corrected chi connectivity index (χ0v) is 5.68. The predicted molar refractivity (Wildman–Crippen MR) is 32.4 cm³/mol. The van der Waals surface area contributed by atoms with Crippen LogP contribution >= 0.6 is 0 Å². The lowest BCUT2D eigenvalue weighted by Gasteiger charge is -2.04. The van der Waals surface area contributed by atoms with E-state index in [-0.39, 0.29) is 0 Å². The van der Waals surface area contributed by atoms with E-state index in [9.17, 15) is 0 Å². The van der Waals surface area contributed by atoms with Crippen molar-refractivity contribution >= 4 is 0 Å². The van der Waals surface area contributed by atoms with Crippen molar-refractivity contribution in [1.29, 1.82) is 0 Å². The molecule has 0 rings (SSSR count). The zero-order chi connectivity index (χ0) is 6.41. The van der Waals surface area contributed by atoms with Crippen molar-refractivity contribution in [2.24, 2.45) is 0 Å². The van der Waals surface area contributed by atoms with Crippen LogP contribution in [0.3, 0.4) is 0 Å². The molecule has 0 fully saturated rings. The number of rotatable bonds is 4. The summed E-state index contributed by atoms with van der Waals surface area (Å²) in [6.07, 6.45) is 0.293. The van der Waals surface area contributed by atoms with E-state index in [4.69, 9.17) is 4.74 Å². The lowest BCUT2D eigenvalue weighted by molar-refractivity contribution is 0.0640. The van der Waals surface area contributed by atoms with Gasteiger partial charge < -0.3 is 9.47 Å². The van der Waals surface area contributed by atoms with Crippen LogP contribution in [0.2, 0.25) is 0 Å². The van der Waals surface area contributed by atoms with Gasteiger partial charge in [0.1, 0.15) is 6.61 Å². The Hall–Kier alpha value is -0.0800. The van der Waals surface area contributed by atoms with Crippen molar-refractivity contribution < 1.29 is 9.47 Å². The van der Waals surface area contributed by atoms with E-state index in [2.05, 4.69) is 4.74 Å². The third kappa shape index (κ3) is 5.92. The molecule has 0 saturated heterocycles. The molecule has 0 aromatic rings. The van der Waals surface area contributed by atoms with E-state index < -0.39 is 0 Å². The van der Waals surface area contributed by atoms with Gasteiger partial charge in [-0.2, -0.15) is 0 Å². The van der Waals surface area contributed by atoms with E-state index in [1.54, 1.807) is 13.7 Å². The van der Waals surface area contributed by atoms with Gasteiger partial charge in [0.2, 0.25) is 0 Å². The second-order valence-corrected chi connectivity index (χ2v) is 1.78. The van der Waals surface area contributed by atoms with Crippen molar-refractivity contribution in [1.82, 2.24) is 0 Å². The van der Waals surface area contributed by atoms with Crippen LogP contribution in [-0.2, 0) is 9.47 Å². The Morgan fingerprint density at radius 1 is 1.50 bits per heavy atom. The van der Waals surface area contributed by atoms with Crippen molar-refractivity contribution in [3.63, 3.8) is 0 Å². The summed E-state index contributed by atoms with van der Waals surface area (Å²) >= 11 is 0. The third-order valence-electron chi connectivity index (χ3n) is 0.664. The van der Waals surface area contributed by atoms with Gasteiger partial charge in [-0.25, -0.2) is 0 Å². The fourth-order valence-electron chi connectivity index (χ4n) is 0.300. The summed E-state index contributed by atoms with van der Waals surface area (Å²) in [5, 5.41) is 0. The standard InChI is InChI=1S/C6H13O2/c1-6(2)8-5-4-7-3/h4,6H,5H2,1-3H3. The van der Waals surface area contributed by atoms with E-state index in [1.807, 2.05) is 13.8 Å². The molecular weight excluding hydrogens is 104 g/mol. The topological polar surface area (TPSA) is 18.5 Å². The summed E-state index contributed by atoms with van der Waals surface area (Å²) in [4.78, 5) is 0. The Labute approximate surface area is 50.8 Å². The molecule has 0 amide bonds. The molecule has 0 aliphatic heterocycles. The number of ether oxygens (including phenoxy) is 2. The molecule has 0 saturated carbocycles. The SMILES string of the molecule is CO[CH]COC(C)C. The first kappa shape index (κ1) is 7.92. The van der Waals surface area contributed by atoms with Crippen LogP contribution in [0.5, 0.6) is 0 Å². The maximum atomic E-state index is 5.10. The Bertz CT molecular complexity index is 43.8. The molecule has 1 radical (unpaired) electrons. The first-order chi connectivity index (χ1) is 3.77. The third-order valence-corrected chi connectivity index (χ3v) is 0.664. The molecule has 0 spiro atoms. The van der Waals surface area contributed by atoms with E-state index in [1.165, 1.54) is 0 Å². The lowest BCUT2D eigenvalue weighted by atomic mass is 10.5. The Morgan fingerprint density at radius 3 is 2.50 bits per heavy atom. The van der Waals surface area contributed by atoms with E-state index in [0.717, 1.165) is 0 Å². The number of hydrogen-bond donors (Lipinski definition) is 0. The largest absolute Gasteiger partial charge is 0.376 e. The molecule has 0 atom stereocenters. The highest BCUT2D eigenvalue weighted by Crippen LogP contribution is 1.88. The van der Waals surface area contributed by atoms with Gasteiger partial charge in [-0.3, -0.25) is 0 Å². The molecule has 0 heterocycles. The van der Waals surface area contributed by atoms with Crippen LogP contribution < -0.4 is 0 Å². The maximum absolute atomic E-state index is 5.10. The summed E-state index contributed by atoms with van der Waals surface area (Å²) in [6.45, 7) is 6.18. The van der Waals surface area contributed by atoms with Crippen LogP contribution in [0.15, 0.2) is 0 Å². The molecule has 0 aliphatic rings. The smallest absolute Gasteiger partial charge is 0.109 e. The summed E-state index contributed by atoms with van der Waals surface area (Å²) in [5.74, 6) is 0. The minimum absolute atomic E-state index is 0.293. The van der Waals surface area contributed by atoms with Crippen LogP contribution in [0.1, 0.15) is 13.8 Å². The molecule has 2 heteroatoms. The molecule has 49 valence electrons. The number of methoxy groups -OCH3 is 1. The quantitative estimate of drug-likeness (QED) is 0.515. The minimum atomic E-state index is 0.293. The molecule has 0 unspecified atom stereocenters. The van der Waals surface area contributed by atoms with Gasteiger partial charge in [0.05, 0.1) is 12.7 Å². The predicted octanol–water partition coefficient (Wildman–Crippen LogP) is 1.22. The molecule has 8 heavy (non-hydrogen) atoms. The molecule has 0 aromatic heterocycles. The van der Waals surface area contributed by atoms with Gasteiger partial charge in [-0.1, -0.05) is 0 Å². The highest BCUT2D eigenvalue weighted by atomic mass is 16.5. The summed E-state index contributed by atoms with van der Waals surface area (Å²) in [7, 11) is 1.61. The van der Waals surface area contributed by atoms with Crippen LogP contribution in [-0.4, -0.2) is 19.8 Å². The summed E-state index contributed by atoms with van der Waals surface area (Å²) in [6, 6.07) is 0. The monoisotopic (exact) mass is 117 g/mol. The fourth-order valence-corrected chi connectivity index (χ4v) is 0.300. The van der Waals surface area contributed by atoms with Crippen LogP contribution in [0.25, 0.3) is 0 Å².